The van der Waals surface area contributed by atoms with Crippen LogP contribution in [0.15, 0.2) is 12.2 Å². The number of aliphatic hydroxyl groups excluding tert-OH is 2. The van der Waals surface area contributed by atoms with Crippen LogP contribution in [0.1, 0.15) is 316 Å². The quantitative estimate of drug-likeness (QED) is 0.0321. The standard InChI is InChI=1S/C57H111NO5/c1-3-5-7-9-11-13-14-15-16-17-22-25-28-31-35-39-43-47-51-57(62)63-52-48-44-40-36-32-29-26-23-20-18-19-21-24-27-30-34-38-42-46-50-56(61)58-54(53-59)55(60)49-45-41-37-33-12-10-8-6-4-2/h18-19,54-55,59-60H,3-17,20-53H2,1-2H3,(H,58,61)/b19-18-. The third kappa shape index (κ3) is 49.9. The van der Waals surface area contributed by atoms with E-state index in [0.29, 0.717) is 25.9 Å². The molecule has 0 aliphatic heterocycles. The summed E-state index contributed by atoms with van der Waals surface area (Å²) in [6, 6.07) is -0.545. The van der Waals surface area contributed by atoms with Crippen molar-refractivity contribution in [1.29, 1.82) is 0 Å². The largest absolute Gasteiger partial charge is 0.466 e. The molecule has 0 spiro atoms. The van der Waals surface area contributed by atoms with Crippen molar-refractivity contribution in [2.75, 3.05) is 13.2 Å². The van der Waals surface area contributed by atoms with Gasteiger partial charge in [0.2, 0.25) is 5.91 Å². The Morgan fingerprint density at radius 1 is 0.429 bits per heavy atom. The summed E-state index contributed by atoms with van der Waals surface area (Å²) in [7, 11) is 0. The van der Waals surface area contributed by atoms with Crippen molar-refractivity contribution in [1.82, 2.24) is 5.32 Å². The molecule has 0 aromatic heterocycles. The minimum absolute atomic E-state index is 0.00847. The van der Waals surface area contributed by atoms with Gasteiger partial charge in [-0.15, -0.1) is 0 Å². The number of carbonyl (C=O) groups excluding carboxylic acids is 2. The van der Waals surface area contributed by atoms with E-state index in [9.17, 15) is 19.8 Å². The monoisotopic (exact) mass is 890 g/mol. The minimum atomic E-state index is -0.667. The topological polar surface area (TPSA) is 95.9 Å². The first-order valence-corrected chi connectivity index (χ1v) is 28.4. The number of unbranched alkanes of at least 4 members (excludes halogenated alkanes) is 40. The maximum Gasteiger partial charge on any atom is 0.305 e. The first-order valence-electron chi connectivity index (χ1n) is 28.4. The number of hydrogen-bond donors (Lipinski definition) is 3. The Labute approximate surface area is 393 Å². The Hall–Kier alpha value is -1.40. The molecule has 0 saturated heterocycles. The lowest BCUT2D eigenvalue weighted by Crippen LogP contribution is -2.45. The predicted octanol–water partition coefficient (Wildman–Crippen LogP) is 17.3. The van der Waals surface area contributed by atoms with Crippen molar-refractivity contribution in [2.24, 2.45) is 0 Å². The fourth-order valence-electron chi connectivity index (χ4n) is 8.93. The number of rotatable bonds is 53. The number of aliphatic hydroxyl groups is 2. The van der Waals surface area contributed by atoms with Gasteiger partial charge in [0.1, 0.15) is 0 Å². The average molecular weight is 891 g/mol. The first-order chi connectivity index (χ1) is 31.0. The molecule has 3 N–H and O–H groups in total. The summed E-state index contributed by atoms with van der Waals surface area (Å²) in [5.41, 5.74) is 0. The SMILES string of the molecule is CCCCCCCCCCCCCCCCCCCCC(=O)OCCCCCCCCCC/C=C\CCCCCCCCCC(=O)NC(CO)C(O)CCCCCCCCCCC. The highest BCUT2D eigenvalue weighted by Gasteiger charge is 2.20. The van der Waals surface area contributed by atoms with Crippen LogP contribution in [0, 0.1) is 0 Å². The fraction of sp³-hybridized carbons (Fsp3) is 0.930. The van der Waals surface area contributed by atoms with Gasteiger partial charge in [-0.05, 0) is 51.4 Å². The molecule has 6 nitrogen and oxygen atoms in total. The van der Waals surface area contributed by atoms with E-state index in [4.69, 9.17) is 4.74 Å². The van der Waals surface area contributed by atoms with Gasteiger partial charge in [-0.25, -0.2) is 0 Å². The van der Waals surface area contributed by atoms with Crippen LogP contribution in [0.2, 0.25) is 0 Å². The van der Waals surface area contributed by atoms with E-state index in [1.54, 1.807) is 0 Å². The van der Waals surface area contributed by atoms with E-state index >= 15 is 0 Å². The number of esters is 1. The third-order valence-electron chi connectivity index (χ3n) is 13.3. The molecule has 0 aromatic rings. The van der Waals surface area contributed by atoms with Gasteiger partial charge < -0.3 is 20.3 Å². The predicted molar refractivity (Wildman–Crippen MR) is 273 cm³/mol. The van der Waals surface area contributed by atoms with Crippen LogP contribution in [0.5, 0.6) is 0 Å². The van der Waals surface area contributed by atoms with Crippen LogP contribution in [0.3, 0.4) is 0 Å². The van der Waals surface area contributed by atoms with E-state index in [2.05, 4.69) is 31.3 Å². The summed E-state index contributed by atoms with van der Waals surface area (Å²) in [6.07, 6.45) is 62.1. The summed E-state index contributed by atoms with van der Waals surface area (Å²) in [6.45, 7) is 4.94. The number of nitrogens with one attached hydrogen (secondary N) is 1. The first kappa shape index (κ1) is 61.6. The molecule has 0 aliphatic rings. The van der Waals surface area contributed by atoms with Crippen molar-refractivity contribution in [3.63, 3.8) is 0 Å². The lowest BCUT2D eigenvalue weighted by atomic mass is 10.0. The van der Waals surface area contributed by atoms with Gasteiger partial charge in [0, 0.05) is 12.8 Å². The molecule has 0 radical (unpaired) electrons. The number of amides is 1. The van der Waals surface area contributed by atoms with Crippen molar-refractivity contribution in [2.45, 2.75) is 328 Å². The van der Waals surface area contributed by atoms with Gasteiger partial charge in [-0.1, -0.05) is 264 Å². The Bertz CT molecular complexity index is 939. The van der Waals surface area contributed by atoms with Gasteiger partial charge in [-0.3, -0.25) is 9.59 Å². The van der Waals surface area contributed by atoms with E-state index in [-0.39, 0.29) is 18.5 Å². The van der Waals surface area contributed by atoms with E-state index in [0.717, 1.165) is 38.5 Å². The van der Waals surface area contributed by atoms with E-state index in [1.165, 1.54) is 244 Å². The third-order valence-corrected chi connectivity index (χ3v) is 13.3. The number of hydrogen-bond acceptors (Lipinski definition) is 5. The van der Waals surface area contributed by atoms with Crippen LogP contribution < -0.4 is 5.32 Å². The summed E-state index contributed by atoms with van der Waals surface area (Å²) in [5.74, 6) is -0.0377. The molecule has 0 heterocycles. The van der Waals surface area contributed by atoms with E-state index in [1.807, 2.05) is 0 Å². The summed E-state index contributed by atoms with van der Waals surface area (Å²) in [4.78, 5) is 24.5. The van der Waals surface area contributed by atoms with Crippen LogP contribution in [-0.2, 0) is 14.3 Å². The van der Waals surface area contributed by atoms with Gasteiger partial charge >= 0.3 is 5.97 Å². The Morgan fingerprint density at radius 3 is 1.13 bits per heavy atom. The highest BCUT2D eigenvalue weighted by molar-refractivity contribution is 5.76. The second kappa shape index (κ2) is 53.2. The average Bonchev–Trinajstić information content (AvgIpc) is 3.28. The number of ether oxygens (including phenoxy) is 1. The van der Waals surface area contributed by atoms with Gasteiger partial charge in [0.25, 0.3) is 0 Å². The minimum Gasteiger partial charge on any atom is -0.466 e. The molecule has 2 unspecified atom stereocenters. The van der Waals surface area contributed by atoms with Gasteiger partial charge in [-0.2, -0.15) is 0 Å². The summed E-state index contributed by atoms with van der Waals surface area (Å²) >= 11 is 0. The fourth-order valence-corrected chi connectivity index (χ4v) is 8.93. The molecule has 6 heteroatoms. The molecule has 63 heavy (non-hydrogen) atoms. The molecule has 0 aromatic carbocycles. The molecular formula is C57H111NO5. The van der Waals surface area contributed by atoms with Crippen LogP contribution in [-0.4, -0.2) is 47.4 Å². The zero-order valence-electron chi connectivity index (χ0n) is 42.6. The van der Waals surface area contributed by atoms with E-state index < -0.39 is 12.1 Å². The smallest absolute Gasteiger partial charge is 0.305 e. The van der Waals surface area contributed by atoms with Crippen molar-refractivity contribution >= 4 is 11.9 Å². The number of carbonyl (C=O) groups is 2. The Balaban J connectivity index is 3.38. The Morgan fingerprint density at radius 2 is 0.746 bits per heavy atom. The molecular weight excluding hydrogens is 779 g/mol. The highest BCUT2D eigenvalue weighted by Crippen LogP contribution is 2.17. The maximum atomic E-state index is 12.4. The van der Waals surface area contributed by atoms with Gasteiger partial charge in [0.15, 0.2) is 0 Å². The summed E-state index contributed by atoms with van der Waals surface area (Å²) in [5, 5.41) is 23.1. The second-order valence-corrected chi connectivity index (χ2v) is 19.6. The van der Waals surface area contributed by atoms with Crippen LogP contribution in [0.4, 0.5) is 0 Å². The molecule has 0 saturated carbocycles. The molecule has 0 rings (SSSR count). The molecule has 0 bridgehead atoms. The lowest BCUT2D eigenvalue weighted by molar-refractivity contribution is -0.143. The Kier molecular flexibility index (Phi) is 52.0. The zero-order valence-corrected chi connectivity index (χ0v) is 42.6. The lowest BCUT2D eigenvalue weighted by Gasteiger charge is -2.22. The van der Waals surface area contributed by atoms with Crippen molar-refractivity contribution in [3.05, 3.63) is 12.2 Å². The van der Waals surface area contributed by atoms with Crippen LogP contribution >= 0.6 is 0 Å². The maximum absolute atomic E-state index is 12.4. The zero-order chi connectivity index (χ0) is 45.8. The molecule has 0 fully saturated rings. The summed E-state index contributed by atoms with van der Waals surface area (Å²) < 4.78 is 5.49. The molecule has 0 aliphatic carbocycles. The van der Waals surface area contributed by atoms with Crippen LogP contribution in [0.25, 0.3) is 0 Å². The number of allylic oxidation sites excluding steroid dienone is 2. The van der Waals surface area contributed by atoms with Crippen molar-refractivity contribution in [3.8, 4) is 0 Å². The molecule has 374 valence electrons. The molecule has 1 amide bonds. The van der Waals surface area contributed by atoms with Gasteiger partial charge in [0.05, 0.1) is 25.4 Å². The highest BCUT2D eigenvalue weighted by atomic mass is 16.5. The molecule has 2 atom stereocenters. The van der Waals surface area contributed by atoms with Crippen molar-refractivity contribution < 1.29 is 24.5 Å². The normalized spacial score (nSPS) is 12.6. The second-order valence-electron chi connectivity index (χ2n) is 19.6.